The van der Waals surface area contributed by atoms with Crippen LogP contribution in [0, 0.1) is 249 Å². The van der Waals surface area contributed by atoms with Gasteiger partial charge in [-0.05, 0) is 89.9 Å². The molecular formula is C100H200. The molecule has 0 heteroatoms. The fourth-order valence-electron chi connectivity index (χ4n) is 0. The average Bonchev–Trinajstić information content (AvgIpc) is 3.71. The van der Waals surface area contributed by atoms with E-state index in [2.05, 4.69) is 526 Å². The van der Waals surface area contributed by atoms with Crippen LogP contribution in [0.4, 0.5) is 0 Å². The summed E-state index contributed by atoms with van der Waals surface area (Å²) in [5.74, 6) is 0. The van der Waals surface area contributed by atoms with Gasteiger partial charge < -0.3 is 27.7 Å². The smallest absolute Gasteiger partial charge is 0.0587 e. The van der Waals surface area contributed by atoms with Crippen LogP contribution in [-0.2, 0) is 0 Å². The van der Waals surface area contributed by atoms with Crippen LogP contribution in [0.25, 0.3) is 0 Å². The fraction of sp³-hybridized carbons (Fsp3) is 0.220. The molecule has 0 aliphatic carbocycles. The molecule has 0 fully saturated rings. The molecule has 0 unspecified atom stereocenters. The third-order valence-electron chi connectivity index (χ3n) is 1.000. The summed E-state index contributed by atoms with van der Waals surface area (Å²) in [5, 5.41) is 0. The predicted octanol–water partition coefficient (Wildman–Crippen LogP) is 37.2. The molecule has 0 aliphatic rings. The van der Waals surface area contributed by atoms with E-state index >= 15 is 0 Å². The topological polar surface area (TPSA) is 0 Å². The van der Waals surface area contributed by atoms with E-state index in [9.17, 15) is 0 Å². The van der Waals surface area contributed by atoms with Gasteiger partial charge in [0, 0.05) is 96.9 Å². The maximum atomic E-state index is 3.54. The van der Waals surface area contributed by atoms with Crippen molar-refractivity contribution >= 4 is 0 Å². The minimum absolute atomic E-state index is 0.750. The summed E-state index contributed by atoms with van der Waals surface area (Å²) in [6.45, 7) is 249. The van der Waals surface area contributed by atoms with Crippen molar-refractivity contribution in [1.82, 2.24) is 0 Å². The van der Waals surface area contributed by atoms with Crippen molar-refractivity contribution in [2.75, 3.05) is 0 Å². The molecule has 0 heterocycles. The lowest BCUT2D eigenvalue weighted by Crippen LogP contribution is -1.49. The second-order valence-corrected chi connectivity index (χ2v) is 7.78. The normalized spacial score (nSPS) is 4.38. The first kappa shape index (κ1) is 271. The Morgan fingerprint density at radius 1 is 0.100 bits per heavy atom. The molecule has 0 aromatic carbocycles. The van der Waals surface area contributed by atoms with Crippen molar-refractivity contribution in [3.05, 3.63) is 526 Å². The highest BCUT2D eigenvalue weighted by Gasteiger charge is 1.58. The molecule has 100 heavy (non-hydrogen) atoms. The first-order valence-electron chi connectivity index (χ1n) is 30.5. The van der Waals surface area contributed by atoms with Gasteiger partial charge >= 0.3 is 0 Å². The van der Waals surface area contributed by atoms with Gasteiger partial charge in [0.25, 0.3) is 0 Å². The fourth-order valence-corrected chi connectivity index (χ4v) is 0. The summed E-state index contributed by atoms with van der Waals surface area (Å²) in [7, 11) is 0. The molecule has 0 amide bonds. The van der Waals surface area contributed by atoms with Gasteiger partial charge in [-0.15, -0.1) is 302 Å². The predicted molar refractivity (Wildman–Crippen MR) is 531 cm³/mol. The maximum absolute atomic E-state index is 3.54. The molecule has 0 nitrogen and oxygen atoms in total. The summed E-state index contributed by atoms with van der Waals surface area (Å²) >= 11 is 0. The second-order valence-electron chi connectivity index (χ2n) is 7.78. The first-order valence-corrected chi connectivity index (χ1v) is 30.5. The van der Waals surface area contributed by atoms with Crippen molar-refractivity contribution in [2.24, 2.45) is 0 Å². The van der Waals surface area contributed by atoms with Gasteiger partial charge in [0.05, 0.1) is 53.4 Å². The summed E-state index contributed by atoms with van der Waals surface area (Å²) in [5.41, 5.74) is 0. The Morgan fingerprint density at radius 3 is 0.110 bits per heavy atom. The van der Waals surface area contributed by atoms with Crippen molar-refractivity contribution < 1.29 is 0 Å². The molecule has 0 radical (unpaired) electrons. The number of unbranched alkanes of at least 4 members (excludes halogenated alkanes) is 4. The van der Waals surface area contributed by atoms with Crippen LogP contribution in [0.5, 0.6) is 0 Å². The van der Waals surface area contributed by atoms with Gasteiger partial charge in [0.2, 0.25) is 0 Å². The quantitative estimate of drug-likeness (QED) is 0.194. The van der Waals surface area contributed by atoms with Crippen LogP contribution in [0.15, 0.2) is 276 Å². The Hall–Kier alpha value is -7.80. The third kappa shape index (κ3) is 49700. The van der Waals surface area contributed by atoms with Gasteiger partial charge in [0.15, 0.2) is 0 Å². The molecule has 0 saturated carbocycles. The highest BCUT2D eigenvalue weighted by Crippen LogP contribution is 1.76. The van der Waals surface area contributed by atoms with Gasteiger partial charge in [0.1, 0.15) is 0 Å². The Bertz CT molecular complexity index is 297. The average molecular weight is 1400 g/mol. The van der Waals surface area contributed by atoms with Crippen LogP contribution in [0.3, 0.4) is 0 Å². The highest BCUT2D eigenvalue weighted by molar-refractivity contribution is 4.43. The summed E-state index contributed by atoms with van der Waals surface area (Å²) in [6.07, 6.45) is 18.2. The standard InChI is InChI=1S/4C4H8.14C3H6.21C2H4/c4*1-3-4-2;14*1-3-2;21*1-2/h4*1-4H2;14*1-3H2;21*1-2H2. The lowest BCUT2D eigenvalue weighted by atomic mass is 10.4. The van der Waals surface area contributed by atoms with Crippen LogP contribution < -0.4 is 0 Å². The SMILES string of the molecule is C=C.C=C.C=C.C=C.C=C.C=C.C=C.C=C.C=C.C=C.C=C.C=C.C=C.C=C.C=C.C=C.C=C.C=C.C=C.C=C.C=C.[CH2+]CC[CH2-].[CH2+]CC[CH2-].[CH2+]CC[CH2-].[CH2+]CC[CH2-].[CH2+]C[CH2-].[CH2+]C[CH2-].[CH2+]C[CH2-].[CH2+]C[CH2-].[CH2+]C[CH2-].[CH2+]C[CH2-].[CH2+]C[CH2-].[CH2+]C[CH2-].[CH2+]C[CH2-].[CH2+]C[CH2-].[CH2+]C[CH2-].[CH2+]C[CH2-].[CH2+]C[CH2-].[CH2+]C[CH2-]. The molecule has 0 bridgehead atoms. The van der Waals surface area contributed by atoms with E-state index in [0.29, 0.717) is 0 Å². The van der Waals surface area contributed by atoms with Crippen LogP contribution in [0.1, 0.15) is 141 Å². The Balaban J connectivity index is -0.0000000104. The molecule has 0 aromatic rings. The lowest BCUT2D eigenvalue weighted by molar-refractivity contribution is 1.05. The maximum Gasteiger partial charge on any atom is 0.0587 e. The van der Waals surface area contributed by atoms with Crippen molar-refractivity contribution in [2.45, 2.75) is 141 Å². The molecule has 0 saturated heterocycles. The number of hydrogen-bond acceptors (Lipinski definition) is 0. The molecular weight excluding hydrogens is 1200 g/mol. The zero-order valence-electron chi connectivity index (χ0n) is 70.7. The number of hydrogen-bond donors (Lipinski definition) is 0. The highest BCUT2D eigenvalue weighted by atomic mass is 13.6. The monoisotopic (exact) mass is 1400 g/mol. The summed E-state index contributed by atoms with van der Waals surface area (Å²) < 4.78 is 0. The van der Waals surface area contributed by atoms with Crippen molar-refractivity contribution in [3.63, 3.8) is 0 Å². The van der Waals surface area contributed by atoms with Gasteiger partial charge in [-0.25, -0.2) is 0 Å². The Kier molecular flexibility index (Phi) is 9970. The van der Waals surface area contributed by atoms with E-state index in [4.69, 9.17) is 0 Å². The van der Waals surface area contributed by atoms with E-state index in [0.717, 1.165) is 141 Å². The summed E-state index contributed by atoms with van der Waals surface area (Å²) in [4.78, 5) is 0. The zero-order chi connectivity index (χ0) is 93.6. The molecule has 0 N–H and O–H groups in total. The minimum atomic E-state index is 0.750. The third-order valence-corrected chi connectivity index (χ3v) is 1.000. The van der Waals surface area contributed by atoms with E-state index in [1.54, 1.807) is 0 Å². The van der Waals surface area contributed by atoms with Gasteiger partial charge in [-0.1, -0.05) is 0 Å². The zero-order valence-corrected chi connectivity index (χ0v) is 70.7. The van der Waals surface area contributed by atoms with E-state index in [-0.39, 0.29) is 0 Å². The lowest BCUT2D eigenvalue weighted by Gasteiger charge is -1.71. The van der Waals surface area contributed by atoms with Crippen LogP contribution >= 0.6 is 0 Å². The van der Waals surface area contributed by atoms with E-state index in [1.165, 1.54) is 0 Å². The summed E-state index contributed by atoms with van der Waals surface area (Å²) in [6, 6.07) is 0. The molecule has 0 aromatic heterocycles. The molecule has 0 spiro atoms. The van der Waals surface area contributed by atoms with E-state index in [1.807, 2.05) is 0 Å². The molecule has 0 aliphatic heterocycles. The van der Waals surface area contributed by atoms with Crippen LogP contribution in [-0.4, -0.2) is 0 Å². The van der Waals surface area contributed by atoms with Gasteiger partial charge in [-0.3, -0.25) is 96.9 Å². The first-order chi connectivity index (χ1) is 48.5. The van der Waals surface area contributed by atoms with Crippen molar-refractivity contribution in [1.29, 1.82) is 0 Å². The van der Waals surface area contributed by atoms with E-state index < -0.39 is 0 Å². The Labute approximate surface area is 663 Å². The Morgan fingerprint density at radius 2 is 0.110 bits per heavy atom. The largest absolute Gasteiger partial charge is 0.339 e. The second kappa shape index (κ2) is 3680. The molecule has 0 atom stereocenters. The molecule has 600 valence electrons. The van der Waals surface area contributed by atoms with Crippen LogP contribution in [0.2, 0.25) is 0 Å². The van der Waals surface area contributed by atoms with Gasteiger partial charge in [-0.2, -0.15) is 0 Å². The van der Waals surface area contributed by atoms with Crippen molar-refractivity contribution in [3.8, 4) is 0 Å². The minimum Gasteiger partial charge on any atom is -0.339 e. The molecule has 0 rings (SSSR count). The number of rotatable bonds is 4.